The van der Waals surface area contributed by atoms with Crippen molar-refractivity contribution in [2.24, 2.45) is 4.99 Å². The fourth-order valence-electron chi connectivity index (χ4n) is 1.92. The van der Waals surface area contributed by atoms with Crippen LogP contribution in [0.25, 0.3) is 11.3 Å². The Balaban J connectivity index is 1.83. The zero-order valence-corrected chi connectivity index (χ0v) is 12.0. The molecular weight excluding hydrogens is 264 g/mol. The lowest BCUT2D eigenvalue weighted by Gasteiger charge is -1.96. The average molecular weight is 278 g/mol. The van der Waals surface area contributed by atoms with Crippen LogP contribution in [0.3, 0.4) is 0 Å². The first-order valence-electron chi connectivity index (χ1n) is 6.43. The summed E-state index contributed by atoms with van der Waals surface area (Å²) in [6.45, 7) is 2.08. The van der Waals surface area contributed by atoms with Gasteiger partial charge in [-0.05, 0) is 18.1 Å². The molecular formula is C17H14N2S. The Morgan fingerprint density at radius 1 is 1.00 bits per heavy atom. The molecule has 2 aromatic carbocycles. The Bertz CT molecular complexity index is 730. The van der Waals surface area contributed by atoms with E-state index in [2.05, 4.69) is 41.2 Å². The predicted octanol–water partition coefficient (Wildman–Crippen LogP) is 4.87. The van der Waals surface area contributed by atoms with Gasteiger partial charge in [0.05, 0.1) is 5.69 Å². The minimum atomic E-state index is 0.784. The first-order valence-corrected chi connectivity index (χ1v) is 7.31. The molecule has 3 rings (SSSR count). The minimum Gasteiger partial charge on any atom is -0.227 e. The van der Waals surface area contributed by atoms with Gasteiger partial charge in [-0.2, -0.15) is 0 Å². The summed E-state index contributed by atoms with van der Waals surface area (Å²) in [6, 6.07) is 18.4. The van der Waals surface area contributed by atoms with Gasteiger partial charge in [0.25, 0.3) is 0 Å². The number of rotatable bonds is 3. The van der Waals surface area contributed by atoms with Crippen LogP contribution >= 0.6 is 11.3 Å². The average Bonchev–Trinajstić information content (AvgIpc) is 2.96. The number of nitrogens with zero attached hydrogens (tertiary/aromatic N) is 2. The molecule has 0 spiro atoms. The second-order valence-corrected chi connectivity index (χ2v) is 5.33. The van der Waals surface area contributed by atoms with Crippen LogP contribution in [0.5, 0.6) is 0 Å². The summed E-state index contributed by atoms with van der Waals surface area (Å²) < 4.78 is 0. The molecule has 0 radical (unpaired) electrons. The molecule has 0 aliphatic carbocycles. The van der Waals surface area contributed by atoms with Crippen molar-refractivity contribution in [2.45, 2.75) is 6.92 Å². The molecule has 1 heterocycles. The lowest BCUT2D eigenvalue weighted by Crippen LogP contribution is -1.84. The Morgan fingerprint density at radius 3 is 2.55 bits per heavy atom. The fraction of sp³-hybridized carbons (Fsp3) is 0.0588. The van der Waals surface area contributed by atoms with Gasteiger partial charge in [0.15, 0.2) is 0 Å². The summed E-state index contributed by atoms with van der Waals surface area (Å²) in [5.41, 5.74) is 4.45. The molecule has 0 amide bonds. The Hall–Kier alpha value is -2.26. The molecule has 20 heavy (non-hydrogen) atoms. The Kier molecular flexibility index (Phi) is 3.70. The predicted molar refractivity (Wildman–Crippen MR) is 86.0 cm³/mol. The van der Waals surface area contributed by atoms with E-state index >= 15 is 0 Å². The summed E-state index contributed by atoms with van der Waals surface area (Å²) in [7, 11) is 0. The molecule has 2 nitrogen and oxygen atoms in total. The maximum Gasteiger partial charge on any atom is 0.209 e. The van der Waals surface area contributed by atoms with Crippen LogP contribution in [-0.4, -0.2) is 11.2 Å². The van der Waals surface area contributed by atoms with Gasteiger partial charge in [0, 0.05) is 17.2 Å². The van der Waals surface area contributed by atoms with Crippen molar-refractivity contribution < 1.29 is 0 Å². The molecule has 1 aromatic heterocycles. The maximum absolute atomic E-state index is 4.55. The number of benzene rings is 2. The number of hydrogen-bond acceptors (Lipinski definition) is 3. The van der Waals surface area contributed by atoms with E-state index in [1.807, 2.05) is 41.9 Å². The van der Waals surface area contributed by atoms with E-state index in [1.165, 1.54) is 5.56 Å². The third-order valence-corrected chi connectivity index (χ3v) is 3.81. The second-order valence-electron chi connectivity index (χ2n) is 4.50. The number of thiazole rings is 1. The molecule has 0 bridgehead atoms. The van der Waals surface area contributed by atoms with E-state index in [0.717, 1.165) is 22.0 Å². The lowest BCUT2D eigenvalue weighted by molar-refractivity contribution is 1.35. The van der Waals surface area contributed by atoms with Crippen molar-refractivity contribution in [3.8, 4) is 11.3 Å². The highest BCUT2D eigenvalue weighted by molar-refractivity contribution is 7.13. The Labute approximate surface area is 122 Å². The van der Waals surface area contributed by atoms with Crippen LogP contribution in [0.15, 0.2) is 65.0 Å². The molecule has 0 fully saturated rings. The summed E-state index contributed by atoms with van der Waals surface area (Å²) in [4.78, 5) is 9.01. The van der Waals surface area contributed by atoms with Crippen molar-refractivity contribution in [3.63, 3.8) is 0 Å². The summed E-state index contributed by atoms with van der Waals surface area (Å²) >= 11 is 1.56. The van der Waals surface area contributed by atoms with Crippen LogP contribution in [0.1, 0.15) is 11.1 Å². The third kappa shape index (κ3) is 2.83. The molecule has 0 unspecified atom stereocenters. The third-order valence-electron chi connectivity index (χ3n) is 3.06. The first kappa shape index (κ1) is 12.8. The molecule has 0 N–H and O–H groups in total. The molecule has 0 aliphatic rings. The normalized spacial score (nSPS) is 11.1. The summed E-state index contributed by atoms with van der Waals surface area (Å²) in [5.74, 6) is 0. The number of aliphatic imine (C=N–C) groups is 1. The Morgan fingerprint density at radius 2 is 1.75 bits per heavy atom. The summed E-state index contributed by atoms with van der Waals surface area (Å²) in [5, 5.41) is 2.83. The molecule has 0 saturated carbocycles. The van der Waals surface area contributed by atoms with Gasteiger partial charge in [-0.25, -0.2) is 9.98 Å². The van der Waals surface area contributed by atoms with Gasteiger partial charge in [0.1, 0.15) is 0 Å². The SMILES string of the molecule is Cc1ccccc1/C=N/c1nc(-c2ccccc2)cs1. The molecule has 0 atom stereocenters. The molecule has 98 valence electrons. The van der Waals surface area contributed by atoms with Crippen LogP contribution in [0.2, 0.25) is 0 Å². The molecule has 3 heteroatoms. The largest absolute Gasteiger partial charge is 0.227 e. The van der Waals surface area contributed by atoms with Crippen molar-refractivity contribution in [2.75, 3.05) is 0 Å². The van der Waals surface area contributed by atoms with E-state index < -0.39 is 0 Å². The van der Waals surface area contributed by atoms with Gasteiger partial charge >= 0.3 is 0 Å². The second kappa shape index (κ2) is 5.80. The van der Waals surface area contributed by atoms with Crippen molar-refractivity contribution in [3.05, 3.63) is 71.1 Å². The van der Waals surface area contributed by atoms with E-state index in [4.69, 9.17) is 0 Å². The van der Waals surface area contributed by atoms with Crippen LogP contribution in [0, 0.1) is 6.92 Å². The van der Waals surface area contributed by atoms with E-state index in [-0.39, 0.29) is 0 Å². The zero-order chi connectivity index (χ0) is 13.8. The summed E-state index contributed by atoms with van der Waals surface area (Å²) in [6.07, 6.45) is 1.88. The number of aromatic nitrogens is 1. The standard InChI is InChI=1S/C17H14N2S/c1-13-7-5-6-10-15(13)11-18-17-19-16(12-20-17)14-8-3-2-4-9-14/h2-12H,1H3/b18-11+. The number of hydrogen-bond donors (Lipinski definition) is 0. The highest BCUT2D eigenvalue weighted by atomic mass is 32.1. The highest BCUT2D eigenvalue weighted by Crippen LogP contribution is 2.26. The fourth-order valence-corrected chi connectivity index (χ4v) is 2.59. The van der Waals surface area contributed by atoms with Crippen molar-refractivity contribution in [1.29, 1.82) is 0 Å². The smallest absolute Gasteiger partial charge is 0.209 e. The highest BCUT2D eigenvalue weighted by Gasteiger charge is 2.02. The van der Waals surface area contributed by atoms with E-state index in [0.29, 0.717) is 0 Å². The maximum atomic E-state index is 4.55. The van der Waals surface area contributed by atoms with Gasteiger partial charge in [-0.15, -0.1) is 11.3 Å². The minimum absolute atomic E-state index is 0.784. The van der Waals surface area contributed by atoms with Gasteiger partial charge < -0.3 is 0 Å². The zero-order valence-electron chi connectivity index (χ0n) is 11.2. The number of aryl methyl sites for hydroxylation is 1. The van der Waals surface area contributed by atoms with Gasteiger partial charge in [-0.1, -0.05) is 54.6 Å². The quantitative estimate of drug-likeness (QED) is 0.627. The molecule has 0 saturated heterocycles. The van der Waals surface area contributed by atoms with E-state index in [1.54, 1.807) is 11.3 Å². The monoisotopic (exact) mass is 278 g/mol. The van der Waals surface area contributed by atoms with Crippen LogP contribution in [-0.2, 0) is 0 Å². The topological polar surface area (TPSA) is 25.2 Å². The first-order chi connectivity index (χ1) is 9.83. The van der Waals surface area contributed by atoms with Gasteiger partial charge in [-0.3, -0.25) is 0 Å². The van der Waals surface area contributed by atoms with Crippen molar-refractivity contribution >= 4 is 22.7 Å². The molecule has 3 aromatic rings. The van der Waals surface area contributed by atoms with Crippen LogP contribution in [0.4, 0.5) is 5.13 Å². The van der Waals surface area contributed by atoms with Crippen LogP contribution < -0.4 is 0 Å². The van der Waals surface area contributed by atoms with E-state index in [9.17, 15) is 0 Å². The molecule has 0 aliphatic heterocycles. The lowest BCUT2D eigenvalue weighted by atomic mass is 10.1. The van der Waals surface area contributed by atoms with Crippen molar-refractivity contribution in [1.82, 2.24) is 4.98 Å². The van der Waals surface area contributed by atoms with Gasteiger partial charge in [0.2, 0.25) is 5.13 Å².